The molecule has 0 aliphatic rings. The largest absolute Gasteiger partial charge is 0.394 e. The van der Waals surface area contributed by atoms with E-state index in [0.29, 0.717) is 12.8 Å². The topological polar surface area (TPSA) is 89.8 Å². The minimum atomic E-state index is -0.745. The summed E-state index contributed by atoms with van der Waals surface area (Å²) in [5.41, 5.74) is 0. The molecule has 0 aromatic rings. The van der Waals surface area contributed by atoms with E-state index in [1.807, 2.05) is 0 Å². The second-order valence-corrected chi connectivity index (χ2v) is 18.1. The van der Waals surface area contributed by atoms with E-state index in [0.717, 1.165) is 25.7 Å². The van der Waals surface area contributed by atoms with E-state index in [9.17, 15) is 20.1 Å². The highest BCUT2D eigenvalue weighted by molar-refractivity contribution is 5.76. The zero-order valence-corrected chi connectivity index (χ0v) is 38.7. The van der Waals surface area contributed by atoms with E-state index < -0.39 is 18.2 Å². The van der Waals surface area contributed by atoms with Gasteiger partial charge in [-0.15, -0.1) is 0 Å². The van der Waals surface area contributed by atoms with Crippen LogP contribution < -0.4 is 5.32 Å². The summed E-state index contributed by atoms with van der Waals surface area (Å²) >= 11 is 0. The van der Waals surface area contributed by atoms with E-state index in [2.05, 4.69) is 31.3 Å². The molecule has 3 atom stereocenters. The summed E-state index contributed by atoms with van der Waals surface area (Å²) in [4.78, 5) is 12.5. The first kappa shape index (κ1) is 56.1. The summed E-state index contributed by atoms with van der Waals surface area (Å²) in [5.74, 6) is -0.279. The van der Waals surface area contributed by atoms with Crippen LogP contribution in [0.3, 0.4) is 0 Å². The third-order valence-electron chi connectivity index (χ3n) is 12.3. The first-order valence-electron chi connectivity index (χ1n) is 26.0. The van der Waals surface area contributed by atoms with Crippen molar-refractivity contribution in [1.82, 2.24) is 5.32 Å². The number of unbranched alkanes of at least 4 members (excludes halogenated alkanes) is 37. The van der Waals surface area contributed by atoms with E-state index in [1.165, 1.54) is 231 Å². The van der Waals surface area contributed by atoms with Gasteiger partial charge in [0.2, 0.25) is 5.91 Å². The number of aliphatic hydroxyl groups excluding tert-OH is 3. The molecule has 0 heterocycles. The van der Waals surface area contributed by atoms with Crippen molar-refractivity contribution in [3.05, 3.63) is 12.2 Å². The lowest BCUT2D eigenvalue weighted by molar-refractivity contribution is -0.125. The summed E-state index contributed by atoms with van der Waals surface area (Å²) in [6.45, 7) is 4.28. The van der Waals surface area contributed by atoms with Crippen molar-refractivity contribution in [2.24, 2.45) is 0 Å². The highest BCUT2D eigenvalue weighted by Crippen LogP contribution is 2.17. The fraction of sp³-hybridized carbons (Fsp3) is 0.942. The molecule has 0 saturated heterocycles. The van der Waals surface area contributed by atoms with Crippen LogP contribution in [0.25, 0.3) is 0 Å². The van der Waals surface area contributed by atoms with Crippen LogP contribution in [0, 0.1) is 0 Å². The smallest absolute Gasteiger partial charge is 0.222 e. The molecule has 1 amide bonds. The lowest BCUT2D eigenvalue weighted by atomic mass is 10.0. The normalized spacial score (nSPS) is 13.4. The van der Waals surface area contributed by atoms with E-state index in [-0.39, 0.29) is 18.9 Å². The van der Waals surface area contributed by atoms with Gasteiger partial charge in [-0.3, -0.25) is 4.79 Å². The molecule has 4 N–H and O–H groups in total. The molecule has 0 aromatic heterocycles. The van der Waals surface area contributed by atoms with Gasteiger partial charge in [0.25, 0.3) is 0 Å². The van der Waals surface area contributed by atoms with Crippen molar-refractivity contribution in [2.75, 3.05) is 6.61 Å². The molecule has 0 rings (SSSR count). The van der Waals surface area contributed by atoms with Crippen LogP contribution in [0.4, 0.5) is 0 Å². The first-order chi connectivity index (χ1) is 28.0. The van der Waals surface area contributed by atoms with Crippen LogP contribution in [0.15, 0.2) is 12.2 Å². The summed E-state index contributed by atoms with van der Waals surface area (Å²) in [7, 11) is 0. The predicted octanol–water partition coefficient (Wildman–Crippen LogP) is 15.6. The molecular formula is C52H103NO4. The third kappa shape index (κ3) is 44.5. The van der Waals surface area contributed by atoms with Crippen molar-refractivity contribution in [2.45, 2.75) is 308 Å². The Morgan fingerprint density at radius 1 is 0.421 bits per heavy atom. The van der Waals surface area contributed by atoms with Gasteiger partial charge in [-0.1, -0.05) is 257 Å². The number of aliphatic hydroxyl groups is 3. The standard InChI is InChI=1S/C52H103NO4/c1-3-5-7-9-11-13-15-17-18-19-20-21-22-23-24-25-26-27-28-29-30-31-32-33-34-35-37-39-41-43-45-49(55)47-52(57)53-50(48-54)51(56)46-44-42-40-38-36-16-14-12-10-8-6-4-2/h23-24,49-51,54-56H,3-22,25-48H2,1-2H3,(H,53,57)/b24-23-. The van der Waals surface area contributed by atoms with Crippen molar-refractivity contribution in [1.29, 1.82) is 0 Å². The molecule has 3 unspecified atom stereocenters. The average molecular weight is 806 g/mol. The van der Waals surface area contributed by atoms with Gasteiger partial charge in [-0.05, 0) is 38.5 Å². The van der Waals surface area contributed by atoms with Crippen molar-refractivity contribution in [3.8, 4) is 0 Å². The molecule has 5 nitrogen and oxygen atoms in total. The van der Waals surface area contributed by atoms with Gasteiger partial charge in [0.15, 0.2) is 0 Å². The van der Waals surface area contributed by atoms with Gasteiger partial charge in [0.05, 0.1) is 31.3 Å². The van der Waals surface area contributed by atoms with Crippen LogP contribution in [-0.2, 0) is 4.79 Å². The summed E-state index contributed by atoms with van der Waals surface area (Å²) < 4.78 is 0. The quantitative estimate of drug-likeness (QED) is 0.0364. The molecule has 0 bridgehead atoms. The van der Waals surface area contributed by atoms with Gasteiger partial charge < -0.3 is 20.6 Å². The lowest BCUT2D eigenvalue weighted by Gasteiger charge is -2.23. The van der Waals surface area contributed by atoms with Crippen LogP contribution in [-0.4, -0.2) is 46.1 Å². The maximum Gasteiger partial charge on any atom is 0.222 e. The number of hydrogen-bond donors (Lipinski definition) is 4. The monoisotopic (exact) mass is 806 g/mol. The molecule has 0 aromatic carbocycles. The highest BCUT2D eigenvalue weighted by Gasteiger charge is 2.21. The van der Waals surface area contributed by atoms with Gasteiger partial charge in [0.1, 0.15) is 0 Å². The van der Waals surface area contributed by atoms with Gasteiger partial charge in [-0.2, -0.15) is 0 Å². The van der Waals surface area contributed by atoms with Gasteiger partial charge in [0, 0.05) is 0 Å². The maximum absolute atomic E-state index is 12.5. The fourth-order valence-corrected chi connectivity index (χ4v) is 8.34. The summed E-state index contributed by atoms with van der Waals surface area (Å²) in [5, 5.41) is 33.4. The van der Waals surface area contributed by atoms with E-state index >= 15 is 0 Å². The van der Waals surface area contributed by atoms with Crippen molar-refractivity contribution in [3.63, 3.8) is 0 Å². The Bertz CT molecular complexity index is 803. The molecule has 0 saturated carbocycles. The van der Waals surface area contributed by atoms with Crippen molar-refractivity contribution < 1.29 is 20.1 Å². The summed E-state index contributed by atoms with van der Waals surface area (Å²) in [6.07, 6.45) is 57.9. The third-order valence-corrected chi connectivity index (χ3v) is 12.3. The molecule has 340 valence electrons. The second kappa shape index (κ2) is 47.8. The number of allylic oxidation sites excluding steroid dienone is 2. The number of amides is 1. The molecule has 0 fully saturated rings. The van der Waals surface area contributed by atoms with Gasteiger partial charge >= 0.3 is 0 Å². The zero-order chi connectivity index (χ0) is 41.5. The maximum atomic E-state index is 12.5. The zero-order valence-electron chi connectivity index (χ0n) is 38.7. The SMILES string of the molecule is CCCCCCCCCCCCCC/C=C\CCCCCCCCCCCCCCCCC(O)CC(=O)NC(CO)C(O)CCCCCCCCCCCCCC. The van der Waals surface area contributed by atoms with Crippen molar-refractivity contribution >= 4 is 5.91 Å². The molecule has 0 aliphatic heterocycles. The highest BCUT2D eigenvalue weighted by atomic mass is 16.3. The molecule has 0 spiro atoms. The minimum absolute atomic E-state index is 0.0404. The molecule has 0 radical (unpaired) electrons. The Labute approximate surface area is 357 Å². The Hall–Kier alpha value is -0.910. The van der Waals surface area contributed by atoms with Crippen LogP contribution in [0.1, 0.15) is 290 Å². The number of hydrogen-bond acceptors (Lipinski definition) is 4. The predicted molar refractivity (Wildman–Crippen MR) is 250 cm³/mol. The Kier molecular flexibility index (Phi) is 47.0. The number of carbonyl (C=O) groups excluding carboxylic acids is 1. The number of nitrogens with one attached hydrogen (secondary N) is 1. The van der Waals surface area contributed by atoms with Gasteiger partial charge in [-0.25, -0.2) is 0 Å². The minimum Gasteiger partial charge on any atom is -0.394 e. The van der Waals surface area contributed by atoms with Crippen LogP contribution >= 0.6 is 0 Å². The average Bonchev–Trinajstić information content (AvgIpc) is 3.20. The molecular weight excluding hydrogens is 703 g/mol. The Morgan fingerprint density at radius 3 is 1.02 bits per heavy atom. The molecule has 57 heavy (non-hydrogen) atoms. The first-order valence-corrected chi connectivity index (χ1v) is 26.0. The number of rotatable bonds is 48. The summed E-state index contributed by atoms with van der Waals surface area (Å²) in [6, 6.07) is -0.654. The molecule has 0 aliphatic carbocycles. The van der Waals surface area contributed by atoms with Crippen LogP contribution in [0.2, 0.25) is 0 Å². The van der Waals surface area contributed by atoms with E-state index in [1.54, 1.807) is 0 Å². The van der Waals surface area contributed by atoms with Crippen LogP contribution in [0.5, 0.6) is 0 Å². The molecule has 5 heteroatoms. The Balaban J connectivity index is 3.47. The van der Waals surface area contributed by atoms with E-state index in [4.69, 9.17) is 0 Å². The second-order valence-electron chi connectivity index (χ2n) is 18.1. The number of carbonyl (C=O) groups is 1. The lowest BCUT2D eigenvalue weighted by Crippen LogP contribution is -2.46. The Morgan fingerprint density at radius 2 is 0.702 bits per heavy atom. The fourth-order valence-electron chi connectivity index (χ4n) is 8.34.